The van der Waals surface area contributed by atoms with Gasteiger partial charge in [-0.05, 0) is 12.0 Å². The van der Waals surface area contributed by atoms with E-state index in [9.17, 15) is 0 Å². The highest BCUT2D eigenvalue weighted by atomic mass is 15.3. The molecule has 0 saturated carbocycles. The quantitative estimate of drug-likeness (QED) is 0.762. The molecule has 0 aliphatic rings. The van der Waals surface area contributed by atoms with Crippen molar-refractivity contribution in [2.45, 2.75) is 20.4 Å². The van der Waals surface area contributed by atoms with Gasteiger partial charge in [-0.1, -0.05) is 20.4 Å². The van der Waals surface area contributed by atoms with Crippen molar-refractivity contribution >= 4 is 0 Å². The van der Waals surface area contributed by atoms with Crippen molar-refractivity contribution in [3.8, 4) is 0 Å². The van der Waals surface area contributed by atoms with Gasteiger partial charge in [0.15, 0.2) is 0 Å². The monoisotopic (exact) mass is 179 g/mol. The second-order valence-corrected chi connectivity index (χ2v) is 3.48. The van der Waals surface area contributed by atoms with E-state index < -0.39 is 0 Å². The molecule has 0 fully saturated rings. The summed E-state index contributed by atoms with van der Waals surface area (Å²) in [6.07, 6.45) is 1.80. The van der Waals surface area contributed by atoms with E-state index in [1.807, 2.05) is 17.8 Å². The number of nitrogens with zero attached hydrogens (tertiary/aromatic N) is 2. The van der Waals surface area contributed by atoms with Gasteiger partial charge in [0.1, 0.15) is 0 Å². The van der Waals surface area contributed by atoms with Crippen molar-refractivity contribution in [1.82, 2.24) is 15.1 Å². The third kappa shape index (κ3) is 2.61. The predicted molar refractivity (Wildman–Crippen MR) is 54.0 cm³/mol. The van der Waals surface area contributed by atoms with Gasteiger partial charge >= 0.3 is 0 Å². The summed E-state index contributed by atoms with van der Waals surface area (Å²) >= 11 is 0. The summed E-state index contributed by atoms with van der Waals surface area (Å²) in [4.78, 5) is 0. The first kappa shape index (κ1) is 9.84. The highest BCUT2D eigenvalue weighted by Crippen LogP contribution is 2.04. The molecule has 0 aromatic carbocycles. The third-order valence-corrected chi connectivity index (χ3v) is 2.12. The van der Waals surface area contributed by atoms with Crippen LogP contribution in [0.3, 0.4) is 0 Å². The molecule has 0 amide bonds. The average molecular weight is 179 g/mol. The van der Waals surface area contributed by atoms with Crippen molar-refractivity contribution in [3.63, 3.8) is 0 Å². The summed E-state index contributed by atoms with van der Waals surface area (Å²) in [7, 11) is 1.94. The normalized spacial score (nSPS) is 10.5. The maximum atomic E-state index is 4.09. The summed E-state index contributed by atoms with van der Waals surface area (Å²) in [5.41, 5.74) is 2.24. The van der Waals surface area contributed by atoms with E-state index in [2.05, 4.69) is 30.8 Å². The molecular weight excluding hydrogens is 162 g/mol. The van der Waals surface area contributed by atoms with Gasteiger partial charge in [-0.15, -0.1) is 0 Å². The fourth-order valence-electron chi connectivity index (χ4n) is 0.983. The lowest BCUT2D eigenvalue weighted by atomic mass is 10.1. The van der Waals surface area contributed by atoms with Crippen LogP contribution in [0.15, 0.2) is 24.5 Å². The standard InChI is InChI=1S/C10H17N3/c1-8(2)9(3)11-7-10-5-6-12-13(10)4/h5-6,8,11H,3,7H2,1-2,4H3. The van der Waals surface area contributed by atoms with E-state index in [4.69, 9.17) is 0 Å². The first-order chi connectivity index (χ1) is 6.11. The molecule has 0 radical (unpaired) electrons. The molecule has 0 aliphatic carbocycles. The molecule has 0 aliphatic heterocycles. The van der Waals surface area contributed by atoms with Crippen LogP contribution in [0.25, 0.3) is 0 Å². The molecule has 13 heavy (non-hydrogen) atoms. The second-order valence-electron chi connectivity index (χ2n) is 3.48. The van der Waals surface area contributed by atoms with Gasteiger partial charge in [0.2, 0.25) is 0 Å². The smallest absolute Gasteiger partial charge is 0.0571 e. The van der Waals surface area contributed by atoms with Gasteiger partial charge in [-0.3, -0.25) is 4.68 Å². The van der Waals surface area contributed by atoms with E-state index in [0.29, 0.717) is 5.92 Å². The highest BCUT2D eigenvalue weighted by Gasteiger charge is 2.01. The first-order valence-electron chi connectivity index (χ1n) is 4.51. The summed E-state index contributed by atoms with van der Waals surface area (Å²) in [5.74, 6) is 0.480. The number of aryl methyl sites for hydroxylation is 1. The first-order valence-corrected chi connectivity index (χ1v) is 4.51. The fraction of sp³-hybridized carbons (Fsp3) is 0.500. The Labute approximate surface area is 79.5 Å². The van der Waals surface area contributed by atoms with Gasteiger partial charge in [-0.25, -0.2) is 0 Å². The number of allylic oxidation sites excluding steroid dienone is 1. The van der Waals surface area contributed by atoms with Gasteiger partial charge in [0, 0.05) is 18.9 Å². The SMILES string of the molecule is C=C(NCc1ccnn1C)C(C)C. The Bertz CT molecular complexity index is 286. The maximum absolute atomic E-state index is 4.09. The van der Waals surface area contributed by atoms with E-state index in [1.54, 1.807) is 6.20 Å². The van der Waals surface area contributed by atoms with Crippen LogP contribution >= 0.6 is 0 Å². The lowest BCUT2D eigenvalue weighted by molar-refractivity contribution is 0.620. The Morgan fingerprint density at radius 1 is 1.69 bits per heavy atom. The minimum Gasteiger partial charge on any atom is -0.383 e. The Morgan fingerprint density at radius 3 is 2.85 bits per heavy atom. The molecule has 1 rings (SSSR count). The molecule has 0 spiro atoms. The molecule has 0 saturated heterocycles. The Hall–Kier alpha value is -1.25. The van der Waals surface area contributed by atoms with Crippen molar-refractivity contribution in [3.05, 3.63) is 30.2 Å². The van der Waals surface area contributed by atoms with Gasteiger partial charge in [0.05, 0.1) is 12.2 Å². The summed E-state index contributed by atoms with van der Waals surface area (Å²) in [6, 6.07) is 2.00. The molecule has 72 valence electrons. The predicted octanol–water partition coefficient (Wildman–Crippen LogP) is 1.68. The van der Waals surface area contributed by atoms with Crippen LogP contribution in [0, 0.1) is 5.92 Å². The molecule has 1 aromatic heterocycles. The van der Waals surface area contributed by atoms with Crippen LogP contribution in [-0.4, -0.2) is 9.78 Å². The molecule has 1 N–H and O–H groups in total. The largest absolute Gasteiger partial charge is 0.383 e. The van der Waals surface area contributed by atoms with Crippen LogP contribution < -0.4 is 5.32 Å². The third-order valence-electron chi connectivity index (χ3n) is 2.12. The number of hydrogen-bond acceptors (Lipinski definition) is 2. The van der Waals surface area contributed by atoms with Crippen molar-refractivity contribution in [1.29, 1.82) is 0 Å². The van der Waals surface area contributed by atoms with E-state index in [-0.39, 0.29) is 0 Å². The van der Waals surface area contributed by atoms with Crippen LogP contribution in [0.5, 0.6) is 0 Å². The average Bonchev–Trinajstić information content (AvgIpc) is 2.47. The minimum absolute atomic E-state index is 0.480. The Morgan fingerprint density at radius 2 is 2.38 bits per heavy atom. The summed E-state index contributed by atoms with van der Waals surface area (Å²) < 4.78 is 1.86. The number of nitrogens with one attached hydrogen (secondary N) is 1. The fourth-order valence-corrected chi connectivity index (χ4v) is 0.983. The van der Waals surface area contributed by atoms with E-state index in [1.165, 1.54) is 5.69 Å². The van der Waals surface area contributed by atoms with Crippen molar-refractivity contribution in [2.24, 2.45) is 13.0 Å². The lowest BCUT2D eigenvalue weighted by Gasteiger charge is -2.12. The van der Waals surface area contributed by atoms with Crippen LogP contribution in [0.2, 0.25) is 0 Å². The van der Waals surface area contributed by atoms with Gasteiger partial charge in [-0.2, -0.15) is 5.10 Å². The zero-order chi connectivity index (χ0) is 9.84. The zero-order valence-corrected chi connectivity index (χ0v) is 8.54. The van der Waals surface area contributed by atoms with E-state index in [0.717, 1.165) is 12.2 Å². The second kappa shape index (κ2) is 4.12. The van der Waals surface area contributed by atoms with Crippen LogP contribution in [0.4, 0.5) is 0 Å². The van der Waals surface area contributed by atoms with Crippen molar-refractivity contribution in [2.75, 3.05) is 0 Å². The topological polar surface area (TPSA) is 29.9 Å². The number of rotatable bonds is 4. The molecule has 0 bridgehead atoms. The maximum Gasteiger partial charge on any atom is 0.0571 e. The molecule has 1 heterocycles. The minimum atomic E-state index is 0.480. The highest BCUT2D eigenvalue weighted by molar-refractivity contribution is 5.03. The lowest BCUT2D eigenvalue weighted by Crippen LogP contribution is -2.17. The molecule has 0 atom stereocenters. The van der Waals surface area contributed by atoms with Gasteiger partial charge < -0.3 is 5.32 Å². The van der Waals surface area contributed by atoms with Crippen molar-refractivity contribution < 1.29 is 0 Å². The van der Waals surface area contributed by atoms with Gasteiger partial charge in [0.25, 0.3) is 0 Å². The Balaban J connectivity index is 2.44. The number of aromatic nitrogens is 2. The zero-order valence-electron chi connectivity index (χ0n) is 8.54. The molecule has 0 unspecified atom stereocenters. The molecule has 3 nitrogen and oxygen atoms in total. The number of hydrogen-bond donors (Lipinski definition) is 1. The molecule has 3 heteroatoms. The molecular formula is C10H17N3. The molecule has 1 aromatic rings. The van der Waals surface area contributed by atoms with Crippen LogP contribution in [0.1, 0.15) is 19.5 Å². The summed E-state index contributed by atoms with van der Waals surface area (Å²) in [6.45, 7) is 8.99. The Kier molecular flexibility index (Phi) is 3.12. The summed E-state index contributed by atoms with van der Waals surface area (Å²) in [5, 5.41) is 7.36. The van der Waals surface area contributed by atoms with Crippen LogP contribution in [-0.2, 0) is 13.6 Å². The van der Waals surface area contributed by atoms with E-state index >= 15 is 0 Å².